The Labute approximate surface area is 353 Å². The zero-order chi connectivity index (χ0) is 45.7. The van der Waals surface area contributed by atoms with Crippen LogP contribution in [0.5, 0.6) is 0 Å². The Morgan fingerprint density at radius 3 is 2.20 bits per heavy atom. The third-order valence-corrected chi connectivity index (χ3v) is 10.7. The minimum atomic E-state index is -4.64. The SMILES string of the molecule is CO[C@@H]1[C@@H](OC2O[C@H](C)[C@@H](O[C@H]3C[C@@](C)(OC(=O)CC(C)C)[C@@H](O)[C@H](C)O3)[C@H](N(C)C)[C@H]2O)[C@@H](CC=O)C[C@@H](C)[C@@H](O)/C=C/C=C/C[C@@H](C)OC(=O)C[C@H]1O.O=P(O)(O)O. The molecule has 0 aromatic rings. The highest BCUT2D eigenvalue weighted by Crippen LogP contribution is 2.38. The summed E-state index contributed by atoms with van der Waals surface area (Å²) >= 11 is 0. The molecule has 0 aromatic carbocycles. The first-order valence-electron chi connectivity index (χ1n) is 20.3. The molecule has 3 heterocycles. The molecule has 20 heteroatoms. The van der Waals surface area contributed by atoms with Gasteiger partial charge >= 0.3 is 19.8 Å². The number of phosphoric acid groups is 1. The van der Waals surface area contributed by atoms with Crippen molar-refractivity contribution < 1.29 is 87.2 Å². The molecular weight excluding hydrogens is 813 g/mol. The minimum absolute atomic E-state index is 0.0152. The van der Waals surface area contributed by atoms with Crippen LogP contribution in [0.3, 0.4) is 0 Å². The number of aliphatic hydroxyl groups is 4. The summed E-state index contributed by atoms with van der Waals surface area (Å²) in [6.07, 6.45) is -4.15. The molecule has 3 aliphatic rings. The molecule has 2 fully saturated rings. The van der Waals surface area contributed by atoms with Crippen LogP contribution in [-0.4, -0.2) is 165 Å². The van der Waals surface area contributed by atoms with Crippen molar-refractivity contribution in [3.05, 3.63) is 24.3 Å². The Morgan fingerprint density at radius 1 is 1.00 bits per heavy atom. The molecule has 16 atom stereocenters. The third-order valence-electron chi connectivity index (χ3n) is 10.7. The van der Waals surface area contributed by atoms with E-state index in [9.17, 15) is 34.8 Å². The van der Waals surface area contributed by atoms with Crippen LogP contribution in [0.25, 0.3) is 0 Å². The standard InChI is InChI=1S/C40H67NO14.H3O4P/c1-22(2)18-31(46)55-40(7)21-32(51-26(6)38(40)48)53-35-25(5)52-39(34(47)33(35)41(8)9)54-36-27(16-17-42)19-23(3)28(43)15-13-11-12-14-24(4)50-30(45)20-29(44)37(36)49-10;1-5(2,3)4/h11-13,15,17,22-29,32-39,43-44,47-48H,14,16,18-21H2,1-10H3;(H3,1,2,3,4)/b12-11+,15-13+;/t23-,24-,25-,26+,27+,28+,29-,32+,33-,34-,35-,36+,37+,38+,39?,40-;/m1./s1. The highest BCUT2D eigenvalue weighted by molar-refractivity contribution is 7.45. The molecule has 3 rings (SSSR count). The van der Waals surface area contributed by atoms with Gasteiger partial charge in [-0.25, -0.2) is 4.57 Å². The lowest BCUT2D eigenvalue weighted by molar-refractivity contribution is -0.344. The van der Waals surface area contributed by atoms with Crippen LogP contribution in [0.1, 0.15) is 87.0 Å². The first-order chi connectivity index (χ1) is 27.8. The second-order valence-electron chi connectivity index (χ2n) is 16.9. The van der Waals surface area contributed by atoms with E-state index in [4.69, 9.17) is 52.4 Å². The van der Waals surface area contributed by atoms with Crippen molar-refractivity contribution in [3.63, 3.8) is 0 Å². The number of cyclic esters (lactones) is 1. The number of hydrogen-bond acceptors (Lipinski definition) is 16. The fourth-order valence-corrected chi connectivity index (χ4v) is 7.76. The lowest BCUT2D eigenvalue weighted by Crippen LogP contribution is -2.66. The number of methoxy groups -OCH3 is 1. The van der Waals surface area contributed by atoms with Crippen LogP contribution in [0.2, 0.25) is 0 Å². The number of allylic oxidation sites excluding steroid dienone is 2. The summed E-state index contributed by atoms with van der Waals surface area (Å²) in [5, 5.41) is 45.4. The molecule has 0 spiro atoms. The number of ether oxygens (including phenoxy) is 7. The number of hydrogen-bond donors (Lipinski definition) is 7. The Hall–Kier alpha value is -2.20. The average Bonchev–Trinajstić information content (AvgIpc) is 3.10. The lowest BCUT2D eigenvalue weighted by atomic mass is 9.82. The van der Waals surface area contributed by atoms with Gasteiger partial charge in [-0.1, -0.05) is 45.1 Å². The van der Waals surface area contributed by atoms with Crippen LogP contribution >= 0.6 is 7.82 Å². The van der Waals surface area contributed by atoms with Gasteiger partial charge in [0.2, 0.25) is 0 Å². The molecule has 19 nitrogen and oxygen atoms in total. The van der Waals surface area contributed by atoms with Crippen LogP contribution < -0.4 is 0 Å². The van der Waals surface area contributed by atoms with Crippen molar-refractivity contribution in [1.29, 1.82) is 0 Å². The summed E-state index contributed by atoms with van der Waals surface area (Å²) < 4.78 is 51.4. The van der Waals surface area contributed by atoms with E-state index in [0.717, 1.165) is 6.29 Å². The highest BCUT2D eigenvalue weighted by atomic mass is 31.2. The molecule has 2 saturated heterocycles. The first kappa shape index (κ1) is 53.9. The van der Waals surface area contributed by atoms with Crippen LogP contribution in [0.4, 0.5) is 0 Å². The van der Waals surface area contributed by atoms with Gasteiger partial charge in [-0.05, 0) is 66.0 Å². The summed E-state index contributed by atoms with van der Waals surface area (Å²) in [6, 6.07) is -0.758. The summed E-state index contributed by atoms with van der Waals surface area (Å²) in [5.41, 5.74) is -1.31. The predicted octanol–water partition coefficient (Wildman–Crippen LogP) is 1.51. The number of likely N-dealkylation sites (N-methyl/N-ethyl adjacent to an activating group) is 1. The number of aliphatic hydroxyl groups excluding tert-OH is 4. The highest BCUT2D eigenvalue weighted by Gasteiger charge is 2.53. The number of carbonyl (C=O) groups is 3. The van der Waals surface area contributed by atoms with Crippen LogP contribution in [-0.2, 0) is 52.1 Å². The maximum Gasteiger partial charge on any atom is 0.466 e. The number of esters is 2. The van der Waals surface area contributed by atoms with Crippen molar-refractivity contribution in [2.24, 2.45) is 17.8 Å². The number of aldehydes is 1. The lowest BCUT2D eigenvalue weighted by Gasteiger charge is -2.50. The molecule has 3 aliphatic heterocycles. The van der Waals surface area contributed by atoms with Crippen molar-refractivity contribution in [2.75, 3.05) is 21.2 Å². The molecule has 0 amide bonds. The Bertz CT molecular complexity index is 1430. The van der Waals surface area contributed by atoms with Gasteiger partial charge in [-0.15, -0.1) is 0 Å². The average molecular weight is 884 g/mol. The molecule has 0 radical (unpaired) electrons. The quantitative estimate of drug-likeness (QED) is 0.0880. The van der Waals surface area contributed by atoms with E-state index in [1.54, 1.807) is 64.9 Å². The van der Waals surface area contributed by atoms with Gasteiger partial charge in [0.1, 0.15) is 42.4 Å². The molecule has 7 N–H and O–H groups in total. The molecule has 0 aromatic heterocycles. The zero-order valence-electron chi connectivity index (χ0n) is 36.4. The normalized spacial score (nSPS) is 39.9. The summed E-state index contributed by atoms with van der Waals surface area (Å²) in [5.74, 6) is -2.07. The topological polar surface area (TPSA) is 278 Å². The number of carbonyl (C=O) groups excluding carboxylic acids is 3. The van der Waals surface area contributed by atoms with E-state index in [-0.39, 0.29) is 37.5 Å². The molecule has 348 valence electrons. The van der Waals surface area contributed by atoms with Gasteiger partial charge in [0.25, 0.3) is 0 Å². The Balaban J connectivity index is 0.00000233. The summed E-state index contributed by atoms with van der Waals surface area (Å²) in [4.78, 5) is 61.1. The van der Waals surface area contributed by atoms with Gasteiger partial charge in [0.05, 0.1) is 43.0 Å². The maximum atomic E-state index is 12.9. The van der Waals surface area contributed by atoms with Gasteiger partial charge in [-0.3, -0.25) is 9.59 Å². The van der Waals surface area contributed by atoms with Crippen molar-refractivity contribution in [2.45, 2.75) is 172 Å². The van der Waals surface area contributed by atoms with Crippen molar-refractivity contribution in [1.82, 2.24) is 4.90 Å². The number of rotatable bonds is 11. The fraction of sp³-hybridized carbons (Fsp3) is 0.825. The Morgan fingerprint density at radius 2 is 1.63 bits per heavy atom. The van der Waals surface area contributed by atoms with E-state index >= 15 is 0 Å². The molecular formula is C40H70NO18P. The molecule has 60 heavy (non-hydrogen) atoms. The second-order valence-corrected chi connectivity index (χ2v) is 17.9. The van der Waals surface area contributed by atoms with Gasteiger partial charge in [0.15, 0.2) is 12.6 Å². The fourth-order valence-electron chi connectivity index (χ4n) is 7.76. The van der Waals surface area contributed by atoms with Gasteiger partial charge in [-0.2, -0.15) is 0 Å². The molecule has 0 saturated carbocycles. The van der Waals surface area contributed by atoms with Gasteiger partial charge < -0.3 is 78.0 Å². The van der Waals surface area contributed by atoms with Crippen molar-refractivity contribution in [3.8, 4) is 0 Å². The Kier molecular flexibility index (Phi) is 22.1. The molecule has 0 bridgehead atoms. The summed E-state index contributed by atoms with van der Waals surface area (Å²) in [6.45, 7) is 12.4. The smallest absolute Gasteiger partial charge is 0.462 e. The first-order valence-corrected chi connectivity index (χ1v) is 21.9. The van der Waals surface area contributed by atoms with Crippen LogP contribution in [0, 0.1) is 17.8 Å². The minimum Gasteiger partial charge on any atom is -0.462 e. The third kappa shape index (κ3) is 17.2. The van der Waals surface area contributed by atoms with Crippen LogP contribution in [0.15, 0.2) is 24.3 Å². The molecule has 0 aliphatic carbocycles. The van der Waals surface area contributed by atoms with E-state index in [0.29, 0.717) is 6.42 Å². The summed E-state index contributed by atoms with van der Waals surface area (Å²) in [7, 11) is 0.226. The largest absolute Gasteiger partial charge is 0.466 e. The monoisotopic (exact) mass is 883 g/mol. The van der Waals surface area contributed by atoms with Crippen molar-refractivity contribution >= 4 is 26.0 Å². The second kappa shape index (κ2) is 24.6. The zero-order valence-corrected chi connectivity index (χ0v) is 37.3. The maximum absolute atomic E-state index is 12.9. The van der Waals surface area contributed by atoms with E-state index in [2.05, 4.69) is 0 Å². The van der Waals surface area contributed by atoms with E-state index < -0.39 is 117 Å². The number of nitrogens with zero attached hydrogens (tertiary/aromatic N) is 1. The molecule has 1 unspecified atom stereocenters. The van der Waals surface area contributed by atoms with Gasteiger partial charge in [0, 0.05) is 32.8 Å². The van der Waals surface area contributed by atoms with E-state index in [1.165, 1.54) is 7.11 Å². The van der Waals surface area contributed by atoms with E-state index in [1.807, 2.05) is 26.8 Å². The predicted molar refractivity (Wildman–Crippen MR) is 215 cm³/mol.